The molecule has 2 aromatic rings. The molecule has 2 nitrogen and oxygen atoms in total. The Morgan fingerprint density at radius 2 is 1.36 bits per heavy atom. The van der Waals surface area contributed by atoms with Gasteiger partial charge in [0, 0.05) is 19.1 Å². The first kappa shape index (κ1) is 15.3. The molecule has 116 valence electrons. The standard InChI is InChI=1S/C20H25NO/c22-20-13-7-12-19(14-20)21(15-17-8-3-1-4-9-17)16-18-10-5-2-6-11-18/h1-6,8-11,19-20,22H,7,12-16H2. The summed E-state index contributed by atoms with van der Waals surface area (Å²) in [6.07, 6.45) is 4.05. The second kappa shape index (κ2) is 7.57. The van der Waals surface area contributed by atoms with Gasteiger partial charge in [0.05, 0.1) is 6.10 Å². The molecule has 1 aliphatic rings. The van der Waals surface area contributed by atoms with E-state index in [4.69, 9.17) is 0 Å². The molecule has 2 atom stereocenters. The lowest BCUT2D eigenvalue weighted by molar-refractivity contribution is 0.0542. The first-order chi connectivity index (χ1) is 10.8. The van der Waals surface area contributed by atoms with E-state index in [1.165, 1.54) is 17.5 Å². The number of benzene rings is 2. The van der Waals surface area contributed by atoms with E-state index >= 15 is 0 Å². The van der Waals surface area contributed by atoms with E-state index in [9.17, 15) is 5.11 Å². The summed E-state index contributed by atoms with van der Waals surface area (Å²) >= 11 is 0. The quantitative estimate of drug-likeness (QED) is 0.901. The van der Waals surface area contributed by atoms with Crippen molar-refractivity contribution in [2.75, 3.05) is 0 Å². The maximum atomic E-state index is 10.0. The van der Waals surface area contributed by atoms with Crippen LogP contribution < -0.4 is 0 Å². The Labute approximate surface area is 133 Å². The van der Waals surface area contributed by atoms with Crippen LogP contribution in [0.2, 0.25) is 0 Å². The summed E-state index contributed by atoms with van der Waals surface area (Å²) in [5.74, 6) is 0. The summed E-state index contributed by atoms with van der Waals surface area (Å²) in [5, 5.41) is 10.0. The van der Waals surface area contributed by atoms with Crippen LogP contribution in [-0.4, -0.2) is 22.2 Å². The van der Waals surface area contributed by atoms with E-state index in [0.717, 1.165) is 32.4 Å². The van der Waals surface area contributed by atoms with Crippen molar-refractivity contribution in [1.82, 2.24) is 4.90 Å². The summed E-state index contributed by atoms with van der Waals surface area (Å²) < 4.78 is 0. The molecule has 0 aliphatic heterocycles. The van der Waals surface area contributed by atoms with E-state index in [2.05, 4.69) is 65.6 Å². The van der Waals surface area contributed by atoms with Crippen LogP contribution in [0.3, 0.4) is 0 Å². The smallest absolute Gasteiger partial charge is 0.0555 e. The van der Waals surface area contributed by atoms with Gasteiger partial charge < -0.3 is 5.11 Å². The molecule has 2 heteroatoms. The molecule has 2 unspecified atom stereocenters. The van der Waals surface area contributed by atoms with E-state index in [0.29, 0.717) is 6.04 Å². The van der Waals surface area contributed by atoms with Crippen molar-refractivity contribution in [1.29, 1.82) is 0 Å². The van der Waals surface area contributed by atoms with Gasteiger partial charge in [-0.2, -0.15) is 0 Å². The minimum atomic E-state index is -0.132. The minimum Gasteiger partial charge on any atom is -0.393 e. The molecular formula is C20H25NO. The lowest BCUT2D eigenvalue weighted by Crippen LogP contribution is -2.39. The fourth-order valence-corrected chi connectivity index (χ4v) is 3.42. The zero-order valence-corrected chi connectivity index (χ0v) is 13.1. The second-order valence-corrected chi connectivity index (χ2v) is 6.35. The van der Waals surface area contributed by atoms with Crippen LogP contribution >= 0.6 is 0 Å². The van der Waals surface area contributed by atoms with E-state index in [1.54, 1.807) is 0 Å². The van der Waals surface area contributed by atoms with Crippen molar-refractivity contribution in [3.8, 4) is 0 Å². The number of aliphatic hydroxyl groups is 1. The average Bonchev–Trinajstić information content (AvgIpc) is 2.56. The summed E-state index contributed by atoms with van der Waals surface area (Å²) in [4.78, 5) is 2.53. The normalized spacial score (nSPS) is 21.9. The molecule has 0 radical (unpaired) electrons. The van der Waals surface area contributed by atoms with Crippen LogP contribution in [0.4, 0.5) is 0 Å². The number of aliphatic hydroxyl groups excluding tert-OH is 1. The van der Waals surface area contributed by atoms with E-state index in [1.807, 2.05) is 0 Å². The van der Waals surface area contributed by atoms with Gasteiger partial charge in [-0.15, -0.1) is 0 Å². The summed E-state index contributed by atoms with van der Waals surface area (Å²) in [6.45, 7) is 1.90. The number of hydrogen-bond donors (Lipinski definition) is 1. The summed E-state index contributed by atoms with van der Waals surface area (Å²) in [7, 11) is 0. The van der Waals surface area contributed by atoms with Gasteiger partial charge in [-0.1, -0.05) is 60.7 Å². The molecule has 3 rings (SSSR count). The highest BCUT2D eigenvalue weighted by Crippen LogP contribution is 2.26. The van der Waals surface area contributed by atoms with Gasteiger partial charge in [0.2, 0.25) is 0 Å². The van der Waals surface area contributed by atoms with Gasteiger partial charge in [0.15, 0.2) is 0 Å². The zero-order chi connectivity index (χ0) is 15.2. The van der Waals surface area contributed by atoms with Crippen LogP contribution in [0.25, 0.3) is 0 Å². The number of nitrogens with zero attached hydrogens (tertiary/aromatic N) is 1. The van der Waals surface area contributed by atoms with Gasteiger partial charge in [-0.05, 0) is 36.8 Å². The Bertz CT molecular complexity index is 513. The van der Waals surface area contributed by atoms with E-state index in [-0.39, 0.29) is 6.10 Å². The fraction of sp³-hybridized carbons (Fsp3) is 0.400. The monoisotopic (exact) mass is 295 g/mol. The topological polar surface area (TPSA) is 23.5 Å². The van der Waals surface area contributed by atoms with Crippen molar-refractivity contribution in [3.63, 3.8) is 0 Å². The van der Waals surface area contributed by atoms with Gasteiger partial charge in [-0.25, -0.2) is 0 Å². The minimum absolute atomic E-state index is 0.132. The lowest BCUT2D eigenvalue weighted by atomic mass is 9.91. The molecule has 0 bridgehead atoms. The van der Waals surface area contributed by atoms with Crippen molar-refractivity contribution in [3.05, 3.63) is 71.8 Å². The second-order valence-electron chi connectivity index (χ2n) is 6.35. The lowest BCUT2D eigenvalue weighted by Gasteiger charge is -2.36. The molecule has 0 spiro atoms. The third kappa shape index (κ3) is 4.19. The van der Waals surface area contributed by atoms with Crippen molar-refractivity contribution >= 4 is 0 Å². The molecule has 1 aliphatic carbocycles. The molecule has 1 saturated carbocycles. The molecule has 2 aromatic carbocycles. The van der Waals surface area contributed by atoms with Crippen LogP contribution in [0, 0.1) is 0 Å². The van der Waals surface area contributed by atoms with Crippen LogP contribution in [0.15, 0.2) is 60.7 Å². The molecule has 0 saturated heterocycles. The molecule has 1 N–H and O–H groups in total. The average molecular weight is 295 g/mol. The van der Waals surface area contributed by atoms with Crippen LogP contribution in [-0.2, 0) is 13.1 Å². The molecule has 0 heterocycles. The third-order valence-corrected chi connectivity index (χ3v) is 4.59. The van der Waals surface area contributed by atoms with Gasteiger partial charge in [-0.3, -0.25) is 4.90 Å². The first-order valence-electron chi connectivity index (χ1n) is 8.31. The van der Waals surface area contributed by atoms with Crippen LogP contribution in [0.1, 0.15) is 36.8 Å². The van der Waals surface area contributed by atoms with Crippen molar-refractivity contribution < 1.29 is 5.11 Å². The van der Waals surface area contributed by atoms with Crippen LogP contribution in [0.5, 0.6) is 0 Å². The molecular weight excluding hydrogens is 270 g/mol. The predicted octanol–water partition coefficient (Wildman–Crippen LogP) is 3.99. The number of hydrogen-bond acceptors (Lipinski definition) is 2. The Morgan fingerprint density at radius 1 is 0.818 bits per heavy atom. The Morgan fingerprint density at radius 3 is 1.86 bits per heavy atom. The Balaban J connectivity index is 1.75. The largest absolute Gasteiger partial charge is 0.393 e. The molecule has 0 amide bonds. The van der Waals surface area contributed by atoms with Gasteiger partial charge in [0.25, 0.3) is 0 Å². The van der Waals surface area contributed by atoms with Gasteiger partial charge in [0.1, 0.15) is 0 Å². The third-order valence-electron chi connectivity index (χ3n) is 4.59. The highest BCUT2D eigenvalue weighted by Gasteiger charge is 2.25. The summed E-state index contributed by atoms with van der Waals surface area (Å²) in [6, 6.07) is 21.8. The number of rotatable bonds is 5. The highest BCUT2D eigenvalue weighted by atomic mass is 16.3. The Hall–Kier alpha value is -1.64. The van der Waals surface area contributed by atoms with Gasteiger partial charge >= 0.3 is 0 Å². The molecule has 1 fully saturated rings. The Kier molecular flexibility index (Phi) is 5.25. The maximum Gasteiger partial charge on any atom is 0.0555 e. The highest BCUT2D eigenvalue weighted by molar-refractivity contribution is 5.17. The first-order valence-corrected chi connectivity index (χ1v) is 8.31. The predicted molar refractivity (Wildman–Crippen MR) is 90.4 cm³/mol. The fourth-order valence-electron chi connectivity index (χ4n) is 3.42. The van der Waals surface area contributed by atoms with Crippen molar-refractivity contribution in [2.24, 2.45) is 0 Å². The maximum absolute atomic E-state index is 10.0. The van der Waals surface area contributed by atoms with Crippen molar-refractivity contribution in [2.45, 2.75) is 50.9 Å². The zero-order valence-electron chi connectivity index (χ0n) is 13.1. The van der Waals surface area contributed by atoms with E-state index < -0.39 is 0 Å². The summed E-state index contributed by atoms with van der Waals surface area (Å²) in [5.41, 5.74) is 2.69. The molecule has 22 heavy (non-hydrogen) atoms. The SMILES string of the molecule is OC1CCCC(N(Cc2ccccc2)Cc2ccccc2)C1. The molecule has 0 aromatic heterocycles.